The molecule has 2 aliphatic heterocycles. The summed E-state index contributed by atoms with van der Waals surface area (Å²) in [7, 11) is 3.30. The van der Waals surface area contributed by atoms with Crippen molar-refractivity contribution in [3.8, 4) is 11.5 Å². The van der Waals surface area contributed by atoms with Crippen LogP contribution in [-0.2, 0) is 16.9 Å². The van der Waals surface area contributed by atoms with E-state index in [0.29, 0.717) is 45.9 Å². The molecule has 3 atom stereocenters. The number of carbonyl (C=O) groups excluding carboxylic acids is 1. The van der Waals surface area contributed by atoms with Crippen molar-refractivity contribution in [1.82, 2.24) is 4.90 Å². The van der Waals surface area contributed by atoms with Crippen LogP contribution < -0.4 is 14.8 Å². The summed E-state index contributed by atoms with van der Waals surface area (Å²) in [6, 6.07) is 17.4. The number of methoxy groups -OCH3 is 1. The lowest BCUT2D eigenvalue weighted by atomic mass is 9.79. The molecule has 1 spiro atoms. The summed E-state index contributed by atoms with van der Waals surface area (Å²) < 4.78 is 13.3. The van der Waals surface area contributed by atoms with Crippen molar-refractivity contribution < 1.29 is 19.2 Å². The molecule has 0 aliphatic carbocycles. The number of ether oxygens (including phenoxy) is 2. The molecule has 186 valence electrons. The number of likely N-dealkylation sites (N-methyl/N-ethyl adjacent to an activating group) is 1. The average Bonchev–Trinajstić information content (AvgIpc) is 3.33. The lowest BCUT2D eigenvalue weighted by Gasteiger charge is -2.30. The van der Waals surface area contributed by atoms with E-state index in [1.54, 1.807) is 42.3 Å². The molecule has 3 aromatic rings. The van der Waals surface area contributed by atoms with Crippen LogP contribution in [0.2, 0.25) is 0 Å². The molecule has 8 nitrogen and oxygen atoms in total. The van der Waals surface area contributed by atoms with Crippen LogP contribution in [0.3, 0.4) is 0 Å². The Morgan fingerprint density at radius 1 is 1.17 bits per heavy atom. The van der Waals surface area contributed by atoms with E-state index >= 15 is 0 Å². The van der Waals surface area contributed by atoms with Gasteiger partial charge < -0.3 is 14.8 Å². The maximum atomic E-state index is 13.3. The van der Waals surface area contributed by atoms with Gasteiger partial charge in [-0.25, -0.2) is 0 Å². The monoisotopic (exact) mass is 615 g/mol. The maximum Gasteiger partial charge on any atom is 0.256 e. The Labute approximate surface area is 225 Å². The number of anilines is 1. The molecule has 1 amide bonds. The Bertz CT molecular complexity index is 1350. The summed E-state index contributed by atoms with van der Waals surface area (Å²) in [4.78, 5) is 27.4. The van der Waals surface area contributed by atoms with Gasteiger partial charge in [-0.05, 0) is 64.4 Å². The third kappa shape index (κ3) is 3.88. The Kier molecular flexibility index (Phi) is 6.52. The molecule has 1 saturated heterocycles. The first-order valence-corrected chi connectivity index (χ1v) is 12.9. The number of halogens is 2. The summed E-state index contributed by atoms with van der Waals surface area (Å²) in [6.45, 7) is 0.646. The first-order chi connectivity index (χ1) is 17.3. The standard InChI is InChI=1S/C26H23Br2N3O5/c1-30-13-18(24(31(33)34)26(30)19-5-3-4-6-21(19)29-25(26)32)16-11-20(28)23(22(12-16)35-2)36-14-15-7-9-17(27)10-8-15/h3-12,18,24H,13-14H2,1-2H3,(H,29,32)/t18-,24+,26-/m0/s1. The van der Waals surface area contributed by atoms with Crippen molar-refractivity contribution in [2.45, 2.75) is 24.1 Å². The van der Waals surface area contributed by atoms with Crippen molar-refractivity contribution in [3.63, 3.8) is 0 Å². The maximum absolute atomic E-state index is 13.3. The van der Waals surface area contributed by atoms with Crippen molar-refractivity contribution in [2.75, 3.05) is 26.0 Å². The summed E-state index contributed by atoms with van der Waals surface area (Å²) in [5.74, 6) is 0.0221. The minimum atomic E-state index is -1.40. The Balaban J connectivity index is 1.52. The third-order valence-electron chi connectivity index (χ3n) is 7.02. The quantitative estimate of drug-likeness (QED) is 0.298. The molecule has 5 rings (SSSR count). The highest BCUT2D eigenvalue weighted by molar-refractivity contribution is 9.10. The number of para-hydroxylation sites is 1. The van der Waals surface area contributed by atoms with E-state index in [9.17, 15) is 14.9 Å². The highest BCUT2D eigenvalue weighted by atomic mass is 79.9. The van der Waals surface area contributed by atoms with Gasteiger partial charge in [-0.3, -0.25) is 19.8 Å². The first-order valence-electron chi connectivity index (χ1n) is 11.3. The SMILES string of the molecule is COc1cc([C@@H]2CN(C)[C@]3(C(=O)Nc4ccccc43)[C@@H]2[N+](=O)[O-])cc(Br)c1OCc1ccc(Br)cc1. The van der Waals surface area contributed by atoms with Gasteiger partial charge in [0.2, 0.25) is 0 Å². The predicted octanol–water partition coefficient (Wildman–Crippen LogP) is 5.32. The predicted molar refractivity (Wildman–Crippen MR) is 142 cm³/mol. The number of nitro groups is 1. The van der Waals surface area contributed by atoms with Crippen molar-refractivity contribution >= 4 is 43.5 Å². The van der Waals surface area contributed by atoms with Crippen LogP contribution in [0.15, 0.2) is 69.6 Å². The highest BCUT2D eigenvalue weighted by Gasteiger charge is 2.68. The fraction of sp³-hybridized carbons (Fsp3) is 0.269. The van der Waals surface area contributed by atoms with Gasteiger partial charge in [0.15, 0.2) is 17.0 Å². The topological polar surface area (TPSA) is 93.9 Å². The van der Waals surface area contributed by atoms with Gasteiger partial charge in [0.05, 0.1) is 17.5 Å². The third-order valence-corrected chi connectivity index (χ3v) is 8.14. The van der Waals surface area contributed by atoms with Crippen LogP contribution in [0.4, 0.5) is 5.69 Å². The van der Waals surface area contributed by atoms with Crippen LogP contribution in [0.25, 0.3) is 0 Å². The van der Waals surface area contributed by atoms with Gasteiger partial charge in [-0.15, -0.1) is 0 Å². The van der Waals surface area contributed by atoms with Gasteiger partial charge >= 0.3 is 0 Å². The molecule has 3 aromatic carbocycles. The number of fused-ring (bicyclic) bond motifs is 2. The number of benzene rings is 3. The lowest BCUT2D eigenvalue weighted by molar-refractivity contribution is -0.534. The summed E-state index contributed by atoms with van der Waals surface area (Å²) in [5, 5.41) is 15.4. The molecule has 0 saturated carbocycles. The number of nitrogens with zero attached hydrogens (tertiary/aromatic N) is 2. The van der Waals surface area contributed by atoms with E-state index in [4.69, 9.17) is 9.47 Å². The average molecular weight is 617 g/mol. The van der Waals surface area contributed by atoms with Crippen molar-refractivity contribution in [1.29, 1.82) is 0 Å². The smallest absolute Gasteiger partial charge is 0.256 e. The zero-order valence-corrected chi connectivity index (χ0v) is 22.7. The van der Waals surface area contributed by atoms with E-state index < -0.39 is 17.5 Å². The van der Waals surface area contributed by atoms with Crippen molar-refractivity contribution in [3.05, 3.63) is 96.4 Å². The second kappa shape index (κ2) is 9.49. The molecular weight excluding hydrogens is 594 g/mol. The molecule has 0 bridgehead atoms. The Hall–Kier alpha value is -2.95. The number of nitrogens with one attached hydrogen (secondary N) is 1. The number of hydrogen-bond donors (Lipinski definition) is 1. The van der Waals surface area contributed by atoms with E-state index in [2.05, 4.69) is 37.2 Å². The van der Waals surface area contributed by atoms with Gasteiger partial charge in [-0.1, -0.05) is 46.3 Å². The summed E-state index contributed by atoms with van der Waals surface area (Å²) in [6.07, 6.45) is 0. The molecule has 0 unspecified atom stereocenters. The fourth-order valence-corrected chi connectivity index (χ4v) is 6.25. The molecular formula is C26H23Br2N3O5. The number of rotatable bonds is 6. The van der Waals surface area contributed by atoms with Gasteiger partial charge in [-0.2, -0.15) is 0 Å². The molecule has 0 aromatic heterocycles. The van der Waals surface area contributed by atoms with Crippen LogP contribution in [-0.4, -0.2) is 42.5 Å². The zero-order valence-electron chi connectivity index (χ0n) is 19.5. The normalized spacial score (nSPS) is 22.9. The van der Waals surface area contributed by atoms with Gasteiger partial charge in [0.25, 0.3) is 11.9 Å². The minimum Gasteiger partial charge on any atom is -0.493 e. The number of amides is 1. The molecule has 2 heterocycles. The molecule has 36 heavy (non-hydrogen) atoms. The van der Waals surface area contributed by atoms with Crippen molar-refractivity contribution in [2.24, 2.45) is 0 Å². The first kappa shape index (κ1) is 24.7. The minimum absolute atomic E-state index is 0.322. The Morgan fingerprint density at radius 3 is 2.58 bits per heavy atom. The number of likely N-dealkylation sites (tertiary alicyclic amines) is 1. The number of carbonyl (C=O) groups is 1. The second-order valence-corrected chi connectivity index (χ2v) is 10.7. The van der Waals surface area contributed by atoms with Crippen LogP contribution in [0.5, 0.6) is 11.5 Å². The molecule has 0 radical (unpaired) electrons. The largest absolute Gasteiger partial charge is 0.493 e. The highest BCUT2D eigenvalue weighted by Crippen LogP contribution is 2.53. The second-order valence-electron chi connectivity index (χ2n) is 8.93. The zero-order chi connectivity index (χ0) is 25.6. The molecule has 2 aliphatic rings. The van der Waals surface area contributed by atoms with Crippen LogP contribution in [0.1, 0.15) is 22.6 Å². The Morgan fingerprint density at radius 2 is 1.89 bits per heavy atom. The molecule has 10 heteroatoms. The van der Waals surface area contributed by atoms with Crippen LogP contribution >= 0.6 is 31.9 Å². The molecule has 1 N–H and O–H groups in total. The van der Waals surface area contributed by atoms with Gasteiger partial charge in [0, 0.05) is 27.2 Å². The van der Waals surface area contributed by atoms with E-state index in [1.807, 2.05) is 30.3 Å². The van der Waals surface area contributed by atoms with E-state index in [-0.39, 0.29) is 10.8 Å². The van der Waals surface area contributed by atoms with E-state index in [0.717, 1.165) is 10.0 Å². The summed E-state index contributed by atoms with van der Waals surface area (Å²) in [5.41, 5.74) is 1.51. The van der Waals surface area contributed by atoms with Crippen LogP contribution in [0, 0.1) is 10.1 Å². The lowest BCUT2D eigenvalue weighted by Crippen LogP contribution is -2.54. The summed E-state index contributed by atoms with van der Waals surface area (Å²) >= 11 is 7.01. The molecule has 1 fully saturated rings. The van der Waals surface area contributed by atoms with Gasteiger partial charge in [0.1, 0.15) is 6.61 Å². The number of hydrogen-bond acceptors (Lipinski definition) is 6. The fourth-order valence-electron chi connectivity index (χ4n) is 5.41. The van der Waals surface area contributed by atoms with E-state index in [1.165, 1.54) is 7.11 Å².